The normalized spacial score (nSPS) is 12.7. The van der Waals surface area contributed by atoms with Gasteiger partial charge in [-0.25, -0.2) is 0 Å². The average molecular weight is 454 g/mol. The quantitative estimate of drug-likeness (QED) is 0.316. The Labute approximate surface area is 196 Å². The van der Waals surface area contributed by atoms with Crippen molar-refractivity contribution in [2.24, 2.45) is 5.73 Å². The van der Waals surface area contributed by atoms with E-state index in [0.29, 0.717) is 51.5 Å². The van der Waals surface area contributed by atoms with Gasteiger partial charge in [0, 0.05) is 0 Å². The minimum absolute atomic E-state index is 0.262. The van der Waals surface area contributed by atoms with Crippen molar-refractivity contribution in [2.75, 3.05) is 26.8 Å². The Morgan fingerprint density at radius 3 is 2.24 bits per heavy atom. The Bertz CT molecular complexity index is 845. The number of unbranched alkanes of at least 4 members (excludes halogenated alkanes) is 1. The van der Waals surface area contributed by atoms with Gasteiger partial charge in [-0.15, -0.1) is 0 Å². The van der Waals surface area contributed by atoms with Gasteiger partial charge in [-0.05, 0) is 56.8 Å². The molecule has 7 heteroatoms. The number of hydrogen-bond donors (Lipinski definition) is 2. The van der Waals surface area contributed by atoms with Crippen molar-refractivity contribution in [3.63, 3.8) is 0 Å². The summed E-state index contributed by atoms with van der Waals surface area (Å²) in [7, 11) is 1.68. The number of carbonyl (C=O) groups excluding carboxylic acids is 3. The zero-order chi connectivity index (χ0) is 23.9. The molecule has 2 atom stereocenters. The van der Waals surface area contributed by atoms with Crippen molar-refractivity contribution < 1.29 is 19.1 Å². The molecule has 2 amide bonds. The highest BCUT2D eigenvalue weighted by Crippen LogP contribution is 2.13. The molecule has 2 rings (SSSR count). The van der Waals surface area contributed by atoms with Crippen LogP contribution < -0.4 is 11.1 Å². The van der Waals surface area contributed by atoms with Crippen molar-refractivity contribution in [1.29, 1.82) is 0 Å². The molecule has 0 heterocycles. The second-order valence-corrected chi connectivity index (χ2v) is 7.91. The number of carbonyl (C=O) groups is 3. The molecular weight excluding hydrogens is 418 g/mol. The number of rotatable bonds is 15. The van der Waals surface area contributed by atoms with Crippen LogP contribution in [0.1, 0.15) is 30.4 Å². The molecule has 0 saturated carbocycles. The van der Waals surface area contributed by atoms with Gasteiger partial charge in [0.1, 0.15) is 12.9 Å². The summed E-state index contributed by atoms with van der Waals surface area (Å²) in [5.41, 5.74) is 7.63. The maximum Gasteiger partial charge on any atom is 0.255 e. The maximum atomic E-state index is 13.4. The average Bonchev–Trinajstić information content (AvgIpc) is 2.85. The van der Waals surface area contributed by atoms with Gasteiger partial charge in [-0.2, -0.15) is 0 Å². The smallest absolute Gasteiger partial charge is 0.255 e. The highest BCUT2D eigenvalue weighted by Gasteiger charge is 2.33. The molecule has 0 unspecified atom stereocenters. The van der Waals surface area contributed by atoms with Crippen LogP contribution in [0.25, 0.3) is 0 Å². The fourth-order valence-electron chi connectivity index (χ4n) is 3.62. The molecule has 0 aliphatic heterocycles. The number of imide groups is 1. The van der Waals surface area contributed by atoms with E-state index in [-0.39, 0.29) is 6.61 Å². The molecule has 0 aliphatic carbocycles. The number of nitrogens with one attached hydrogen (secondary N) is 1. The van der Waals surface area contributed by atoms with E-state index in [1.807, 2.05) is 60.7 Å². The van der Waals surface area contributed by atoms with E-state index in [9.17, 15) is 14.4 Å². The summed E-state index contributed by atoms with van der Waals surface area (Å²) in [5.74, 6) is -0.936. The molecule has 3 N–H and O–H groups in total. The summed E-state index contributed by atoms with van der Waals surface area (Å²) in [6.07, 6.45) is 3.48. The lowest BCUT2D eigenvalue weighted by Crippen LogP contribution is -2.54. The van der Waals surface area contributed by atoms with Gasteiger partial charge in [0.15, 0.2) is 0 Å². The largest absolute Gasteiger partial charge is 0.371 e. The summed E-state index contributed by atoms with van der Waals surface area (Å²) in [4.78, 5) is 39.5. The Balaban J connectivity index is 2.08. The summed E-state index contributed by atoms with van der Waals surface area (Å²) >= 11 is 0. The summed E-state index contributed by atoms with van der Waals surface area (Å²) in [6.45, 7) is 0.570. The van der Waals surface area contributed by atoms with Crippen LogP contribution in [-0.4, -0.2) is 61.9 Å². The van der Waals surface area contributed by atoms with Gasteiger partial charge in [0.25, 0.3) is 5.91 Å². The summed E-state index contributed by atoms with van der Waals surface area (Å²) < 4.78 is 5.58. The third-order valence-electron chi connectivity index (χ3n) is 5.48. The SMILES string of the molecule is CN[C@@H](Cc1ccccc1)C(=O)N(C(=O)COCCc1ccccc1)[C@H](C=O)CCCCN. The molecule has 0 aromatic heterocycles. The monoisotopic (exact) mass is 453 g/mol. The number of hydrogen-bond acceptors (Lipinski definition) is 6. The van der Waals surface area contributed by atoms with E-state index >= 15 is 0 Å². The van der Waals surface area contributed by atoms with Crippen LogP contribution in [0.15, 0.2) is 60.7 Å². The van der Waals surface area contributed by atoms with Crippen LogP contribution in [0, 0.1) is 0 Å². The summed E-state index contributed by atoms with van der Waals surface area (Å²) in [6, 6.07) is 17.9. The predicted molar refractivity (Wildman–Crippen MR) is 129 cm³/mol. The van der Waals surface area contributed by atoms with Crippen LogP contribution in [0.4, 0.5) is 0 Å². The minimum Gasteiger partial charge on any atom is -0.371 e. The maximum absolute atomic E-state index is 13.4. The number of amides is 2. The number of ether oxygens (including phenoxy) is 1. The first-order chi connectivity index (χ1) is 16.1. The van der Waals surface area contributed by atoms with E-state index in [1.54, 1.807) is 7.05 Å². The van der Waals surface area contributed by atoms with Gasteiger partial charge in [0.2, 0.25) is 5.91 Å². The Hall–Kier alpha value is -2.87. The van der Waals surface area contributed by atoms with E-state index in [4.69, 9.17) is 10.5 Å². The highest BCUT2D eigenvalue weighted by atomic mass is 16.5. The highest BCUT2D eigenvalue weighted by molar-refractivity contribution is 6.00. The van der Waals surface area contributed by atoms with E-state index < -0.39 is 23.9 Å². The number of nitrogens with two attached hydrogens (primary N) is 1. The predicted octanol–water partition coefficient (Wildman–Crippen LogP) is 2.13. The van der Waals surface area contributed by atoms with Crippen LogP contribution in [0.2, 0.25) is 0 Å². The van der Waals surface area contributed by atoms with Crippen molar-refractivity contribution in [3.05, 3.63) is 71.8 Å². The number of benzene rings is 2. The number of aldehydes is 1. The minimum atomic E-state index is -0.846. The van der Waals surface area contributed by atoms with Gasteiger partial charge in [-0.1, -0.05) is 60.7 Å². The van der Waals surface area contributed by atoms with Crippen LogP contribution in [-0.2, 0) is 32.0 Å². The van der Waals surface area contributed by atoms with Crippen molar-refractivity contribution in [2.45, 2.75) is 44.2 Å². The lowest BCUT2D eigenvalue weighted by atomic mass is 10.0. The molecule has 7 nitrogen and oxygen atoms in total. The molecule has 2 aromatic rings. The van der Waals surface area contributed by atoms with Gasteiger partial charge < -0.3 is 20.6 Å². The van der Waals surface area contributed by atoms with Crippen molar-refractivity contribution >= 4 is 18.1 Å². The molecule has 33 heavy (non-hydrogen) atoms. The third kappa shape index (κ3) is 8.88. The van der Waals surface area contributed by atoms with Crippen LogP contribution >= 0.6 is 0 Å². The fraction of sp³-hybridized carbons (Fsp3) is 0.423. The van der Waals surface area contributed by atoms with Gasteiger partial charge >= 0.3 is 0 Å². The van der Waals surface area contributed by atoms with Gasteiger partial charge in [-0.3, -0.25) is 14.5 Å². The molecule has 0 fully saturated rings. The van der Waals surface area contributed by atoms with Crippen LogP contribution in [0.5, 0.6) is 0 Å². The van der Waals surface area contributed by atoms with E-state index in [1.165, 1.54) is 0 Å². The molecule has 178 valence electrons. The lowest BCUT2D eigenvalue weighted by Gasteiger charge is -2.30. The zero-order valence-corrected chi connectivity index (χ0v) is 19.3. The van der Waals surface area contributed by atoms with Crippen LogP contribution in [0.3, 0.4) is 0 Å². The Morgan fingerprint density at radius 1 is 1.03 bits per heavy atom. The Morgan fingerprint density at radius 2 is 1.67 bits per heavy atom. The first-order valence-corrected chi connectivity index (χ1v) is 11.4. The molecule has 0 aliphatic rings. The lowest BCUT2D eigenvalue weighted by molar-refractivity contribution is -0.153. The van der Waals surface area contributed by atoms with Crippen molar-refractivity contribution in [1.82, 2.24) is 10.2 Å². The number of likely N-dealkylation sites (N-methyl/N-ethyl adjacent to an activating group) is 1. The fourth-order valence-corrected chi connectivity index (χ4v) is 3.62. The third-order valence-corrected chi connectivity index (χ3v) is 5.48. The second-order valence-electron chi connectivity index (χ2n) is 7.91. The molecular formula is C26H35N3O4. The first-order valence-electron chi connectivity index (χ1n) is 11.4. The molecule has 0 saturated heterocycles. The van der Waals surface area contributed by atoms with Gasteiger partial charge in [0.05, 0.1) is 18.7 Å². The van der Waals surface area contributed by atoms with Crippen molar-refractivity contribution in [3.8, 4) is 0 Å². The second kappa shape index (κ2) is 15.1. The topological polar surface area (TPSA) is 102 Å². The Kier molecular flexibility index (Phi) is 12.0. The molecule has 2 aromatic carbocycles. The molecule has 0 spiro atoms. The number of nitrogens with zero attached hydrogens (tertiary/aromatic N) is 1. The summed E-state index contributed by atoms with van der Waals surface area (Å²) in [5, 5.41) is 3.00. The molecule has 0 bridgehead atoms. The molecule has 0 radical (unpaired) electrons. The van der Waals surface area contributed by atoms with E-state index in [0.717, 1.165) is 16.0 Å². The standard InChI is InChI=1S/C26H35N3O4/c1-28-24(18-22-12-6-3-7-13-22)26(32)29(23(19-30)14-8-9-16-27)25(31)20-33-17-15-21-10-4-2-5-11-21/h2-7,10-13,19,23-24,28H,8-9,14-18,20,27H2,1H3/t23-,24-/m0/s1. The zero-order valence-electron chi connectivity index (χ0n) is 19.3. The van der Waals surface area contributed by atoms with E-state index in [2.05, 4.69) is 5.32 Å². The first kappa shape index (κ1) is 26.4.